The minimum atomic E-state index is -1.12. The van der Waals surface area contributed by atoms with Crippen LogP contribution < -0.4 is 29.7 Å². The van der Waals surface area contributed by atoms with Gasteiger partial charge in [0.15, 0.2) is 11.5 Å². The van der Waals surface area contributed by atoms with Crippen LogP contribution in [0.1, 0.15) is 32.7 Å². The number of hydrogen-bond donors (Lipinski definition) is 3. The first-order valence-electron chi connectivity index (χ1n) is 14.8. The topological polar surface area (TPSA) is 161 Å². The van der Waals surface area contributed by atoms with Crippen LogP contribution in [0.2, 0.25) is 0 Å². The lowest BCUT2D eigenvalue weighted by atomic mass is 10.1. The van der Waals surface area contributed by atoms with E-state index in [2.05, 4.69) is 10.6 Å². The largest absolute Gasteiger partial charge is 0.496 e. The first kappa shape index (κ1) is 34.3. The Morgan fingerprint density at radius 2 is 1.49 bits per heavy atom. The van der Waals surface area contributed by atoms with Crippen LogP contribution >= 0.6 is 11.8 Å². The number of carbonyl (C=O) groups excluding carboxylic acids is 4. The third kappa shape index (κ3) is 7.91. The molecule has 0 aromatic heterocycles. The number of hydrogen-bond acceptors (Lipinski definition) is 9. The van der Waals surface area contributed by atoms with Crippen molar-refractivity contribution in [1.82, 2.24) is 5.32 Å². The van der Waals surface area contributed by atoms with Crippen molar-refractivity contribution < 1.29 is 43.3 Å². The van der Waals surface area contributed by atoms with E-state index < -0.39 is 34.8 Å². The van der Waals surface area contributed by atoms with Gasteiger partial charge in [0.1, 0.15) is 11.4 Å². The van der Waals surface area contributed by atoms with Crippen molar-refractivity contribution in [2.24, 2.45) is 0 Å². The van der Waals surface area contributed by atoms with E-state index in [9.17, 15) is 24.0 Å². The molecular weight excluding hydrogens is 650 g/mol. The molecule has 0 saturated carbocycles. The number of ether oxygens (including phenoxy) is 3. The van der Waals surface area contributed by atoms with E-state index in [4.69, 9.17) is 19.3 Å². The maximum atomic E-state index is 13.7. The lowest BCUT2D eigenvalue weighted by molar-refractivity contribution is -0.121. The van der Waals surface area contributed by atoms with Gasteiger partial charge < -0.3 is 30.0 Å². The molecule has 1 unspecified atom stereocenters. The van der Waals surface area contributed by atoms with E-state index in [0.29, 0.717) is 39.0 Å². The Labute approximate surface area is 285 Å². The molecule has 5 rings (SSSR count). The lowest BCUT2D eigenvalue weighted by Gasteiger charge is -2.16. The third-order valence-electron chi connectivity index (χ3n) is 7.41. The van der Waals surface area contributed by atoms with Gasteiger partial charge in [-0.25, -0.2) is 9.69 Å². The molecule has 1 fully saturated rings. The van der Waals surface area contributed by atoms with Crippen molar-refractivity contribution in [3.63, 3.8) is 0 Å². The number of imide groups is 1. The van der Waals surface area contributed by atoms with Gasteiger partial charge in [-0.15, -0.1) is 11.8 Å². The van der Waals surface area contributed by atoms with Crippen LogP contribution in [-0.2, 0) is 14.4 Å². The summed E-state index contributed by atoms with van der Waals surface area (Å²) < 4.78 is 16.3. The van der Waals surface area contributed by atoms with Gasteiger partial charge in [0.25, 0.3) is 11.8 Å². The Balaban J connectivity index is 1.38. The third-order valence-corrected chi connectivity index (χ3v) is 8.59. The molecule has 4 aromatic rings. The SMILES string of the molecule is COc1cc(OC)c(OC)cc1/C=C(\NC(=O)c1ccccc1)C(=O)Nc1cccc(SC2CC(=O)N(c3ccc(C(=O)O)cc3)C2=O)c1. The van der Waals surface area contributed by atoms with E-state index in [1.165, 1.54) is 51.7 Å². The van der Waals surface area contributed by atoms with Gasteiger partial charge in [-0.05, 0) is 66.7 Å². The fourth-order valence-corrected chi connectivity index (χ4v) is 6.11. The number of rotatable bonds is 12. The van der Waals surface area contributed by atoms with E-state index in [-0.39, 0.29) is 23.4 Å². The van der Waals surface area contributed by atoms with Gasteiger partial charge in [-0.1, -0.05) is 24.3 Å². The fourth-order valence-electron chi connectivity index (χ4n) is 4.99. The fraction of sp³-hybridized carbons (Fsp3) is 0.139. The molecule has 1 saturated heterocycles. The van der Waals surface area contributed by atoms with Gasteiger partial charge in [0.05, 0.1) is 37.8 Å². The zero-order valence-electron chi connectivity index (χ0n) is 26.6. The zero-order chi connectivity index (χ0) is 35.1. The van der Waals surface area contributed by atoms with Crippen molar-refractivity contribution in [2.45, 2.75) is 16.6 Å². The van der Waals surface area contributed by atoms with Crippen molar-refractivity contribution in [3.05, 3.63) is 113 Å². The van der Waals surface area contributed by atoms with Crippen molar-refractivity contribution in [3.8, 4) is 17.2 Å². The smallest absolute Gasteiger partial charge is 0.335 e. The maximum absolute atomic E-state index is 13.7. The molecule has 0 radical (unpaired) electrons. The second kappa shape index (κ2) is 15.2. The monoisotopic (exact) mass is 681 g/mol. The molecule has 0 spiro atoms. The van der Waals surface area contributed by atoms with Crippen LogP contribution in [0.3, 0.4) is 0 Å². The summed E-state index contributed by atoms with van der Waals surface area (Å²) in [4.78, 5) is 65.8. The first-order valence-corrected chi connectivity index (χ1v) is 15.7. The normalized spacial score (nSPS) is 14.3. The van der Waals surface area contributed by atoms with Crippen LogP contribution in [0.15, 0.2) is 102 Å². The van der Waals surface area contributed by atoms with Crippen LogP contribution in [0.5, 0.6) is 17.2 Å². The number of carboxylic acid groups (broad SMARTS) is 1. The number of benzene rings is 4. The number of anilines is 2. The zero-order valence-corrected chi connectivity index (χ0v) is 27.4. The number of amides is 4. The second-order valence-corrected chi connectivity index (χ2v) is 11.8. The molecule has 1 aliphatic heterocycles. The number of nitrogens with zero attached hydrogens (tertiary/aromatic N) is 1. The van der Waals surface area contributed by atoms with E-state index in [1.54, 1.807) is 66.7 Å². The standard InChI is InChI=1S/C36H31N3O9S/c1-46-28-19-30(48-3)29(47-2)17-23(28)16-27(38-33(41)21-8-5-4-6-9-21)34(42)37-24-10-7-11-26(18-24)49-31-20-32(40)39(35(31)43)25-14-12-22(13-15-25)36(44)45/h4-19,31H,20H2,1-3H3,(H,37,42)(H,38,41)(H,44,45)/b27-16-. The maximum Gasteiger partial charge on any atom is 0.335 e. The number of nitrogens with one attached hydrogen (secondary N) is 2. The molecule has 1 aliphatic rings. The van der Waals surface area contributed by atoms with Gasteiger partial charge in [-0.2, -0.15) is 0 Å². The molecule has 0 bridgehead atoms. The number of aromatic carboxylic acids is 1. The summed E-state index contributed by atoms with van der Waals surface area (Å²) in [6.45, 7) is 0. The highest BCUT2D eigenvalue weighted by Crippen LogP contribution is 2.37. The highest BCUT2D eigenvalue weighted by Gasteiger charge is 2.40. The van der Waals surface area contributed by atoms with Crippen LogP contribution in [0.25, 0.3) is 6.08 Å². The quantitative estimate of drug-likeness (QED) is 0.133. The molecule has 0 aliphatic carbocycles. The summed E-state index contributed by atoms with van der Waals surface area (Å²) in [5.41, 5.74) is 1.35. The Morgan fingerprint density at radius 1 is 0.816 bits per heavy atom. The van der Waals surface area contributed by atoms with Crippen molar-refractivity contribution in [2.75, 3.05) is 31.5 Å². The summed E-state index contributed by atoms with van der Waals surface area (Å²) in [5, 5.41) is 13.9. The number of carbonyl (C=O) groups is 5. The first-order chi connectivity index (χ1) is 23.6. The number of carboxylic acids is 1. The predicted molar refractivity (Wildman–Crippen MR) is 183 cm³/mol. The average molecular weight is 682 g/mol. The molecular formula is C36H31N3O9S. The minimum absolute atomic E-state index is 0.0353. The molecule has 4 aromatic carbocycles. The molecule has 13 heteroatoms. The van der Waals surface area contributed by atoms with Crippen LogP contribution in [0.4, 0.5) is 11.4 Å². The lowest BCUT2D eigenvalue weighted by Crippen LogP contribution is -2.31. The number of methoxy groups -OCH3 is 3. The second-order valence-electron chi connectivity index (χ2n) is 10.5. The average Bonchev–Trinajstić information content (AvgIpc) is 3.39. The van der Waals surface area contributed by atoms with E-state index >= 15 is 0 Å². The molecule has 1 atom stereocenters. The molecule has 49 heavy (non-hydrogen) atoms. The summed E-state index contributed by atoms with van der Waals surface area (Å²) in [6, 6.07) is 23.8. The van der Waals surface area contributed by atoms with Gasteiger partial charge in [-0.3, -0.25) is 19.2 Å². The summed E-state index contributed by atoms with van der Waals surface area (Å²) in [5.74, 6) is -1.99. The minimum Gasteiger partial charge on any atom is -0.496 e. The van der Waals surface area contributed by atoms with Gasteiger partial charge >= 0.3 is 5.97 Å². The van der Waals surface area contributed by atoms with Gasteiger partial charge in [0, 0.05) is 34.2 Å². The van der Waals surface area contributed by atoms with Crippen LogP contribution in [-0.4, -0.2) is 61.3 Å². The summed E-state index contributed by atoms with van der Waals surface area (Å²) in [7, 11) is 4.41. The highest BCUT2D eigenvalue weighted by molar-refractivity contribution is 8.00. The summed E-state index contributed by atoms with van der Waals surface area (Å²) in [6.07, 6.45) is 1.39. The van der Waals surface area contributed by atoms with Gasteiger partial charge in [0.2, 0.25) is 11.8 Å². The van der Waals surface area contributed by atoms with Crippen LogP contribution in [0, 0.1) is 0 Å². The number of thioether (sulfide) groups is 1. The van der Waals surface area contributed by atoms with Crippen molar-refractivity contribution in [1.29, 1.82) is 0 Å². The molecule has 3 N–H and O–H groups in total. The van der Waals surface area contributed by atoms with Crippen molar-refractivity contribution >= 4 is 58.8 Å². The van der Waals surface area contributed by atoms with E-state index in [1.807, 2.05) is 0 Å². The Kier molecular flexibility index (Phi) is 10.6. The molecule has 4 amide bonds. The molecule has 12 nitrogen and oxygen atoms in total. The molecule has 250 valence electrons. The van der Waals surface area contributed by atoms with E-state index in [0.717, 1.165) is 16.7 Å². The Morgan fingerprint density at radius 3 is 2.14 bits per heavy atom. The highest BCUT2D eigenvalue weighted by atomic mass is 32.2. The Hall–Kier alpha value is -6.08. The Bertz CT molecular complexity index is 1950. The predicted octanol–water partition coefficient (Wildman–Crippen LogP) is 5.24. The summed E-state index contributed by atoms with van der Waals surface area (Å²) >= 11 is 1.16. The molecule has 1 heterocycles.